The number of aromatic nitrogens is 3. The topological polar surface area (TPSA) is 56.7 Å². The minimum absolute atomic E-state index is 0.667. The molecule has 1 heterocycles. The number of rotatable bonds is 3. The van der Waals surface area contributed by atoms with Gasteiger partial charge in [0, 0.05) is 0 Å². The fourth-order valence-corrected chi connectivity index (χ4v) is 1.36. The molecule has 0 unspecified atom stereocenters. The molecule has 0 atom stereocenters. The fourth-order valence-electron chi connectivity index (χ4n) is 1.36. The predicted octanol–water partition coefficient (Wildman–Crippen LogP) is 0.768. The van der Waals surface area contributed by atoms with Gasteiger partial charge in [0.25, 0.3) is 0 Å². The summed E-state index contributed by atoms with van der Waals surface area (Å²) in [4.78, 5) is 3.90. The SMILES string of the molecule is NCCc1cccc(-n2cncn2)c1. The second-order valence-corrected chi connectivity index (χ2v) is 3.05. The van der Waals surface area contributed by atoms with Crippen LogP contribution in [0.4, 0.5) is 0 Å². The summed E-state index contributed by atoms with van der Waals surface area (Å²) in [5.74, 6) is 0. The summed E-state index contributed by atoms with van der Waals surface area (Å²) in [6, 6.07) is 8.13. The maximum atomic E-state index is 5.49. The van der Waals surface area contributed by atoms with Gasteiger partial charge in [-0.2, -0.15) is 5.10 Å². The molecule has 4 heteroatoms. The molecule has 0 fully saturated rings. The van der Waals surface area contributed by atoms with Gasteiger partial charge in [0.1, 0.15) is 12.7 Å². The Kier molecular flexibility index (Phi) is 2.55. The van der Waals surface area contributed by atoms with Crippen LogP contribution in [0.15, 0.2) is 36.9 Å². The first-order valence-corrected chi connectivity index (χ1v) is 4.54. The van der Waals surface area contributed by atoms with Crippen LogP contribution in [0.3, 0.4) is 0 Å². The van der Waals surface area contributed by atoms with Crippen molar-refractivity contribution in [3.63, 3.8) is 0 Å². The van der Waals surface area contributed by atoms with E-state index in [0.29, 0.717) is 6.54 Å². The monoisotopic (exact) mass is 188 g/mol. The molecule has 14 heavy (non-hydrogen) atoms. The van der Waals surface area contributed by atoms with Crippen LogP contribution in [0, 0.1) is 0 Å². The van der Waals surface area contributed by atoms with Crippen molar-refractivity contribution in [1.29, 1.82) is 0 Å². The highest BCUT2D eigenvalue weighted by Gasteiger charge is 1.97. The van der Waals surface area contributed by atoms with E-state index in [-0.39, 0.29) is 0 Å². The van der Waals surface area contributed by atoms with Gasteiger partial charge in [-0.3, -0.25) is 0 Å². The van der Waals surface area contributed by atoms with Crippen molar-refractivity contribution in [3.8, 4) is 5.69 Å². The Balaban J connectivity index is 2.31. The minimum atomic E-state index is 0.667. The van der Waals surface area contributed by atoms with Gasteiger partial charge in [-0.1, -0.05) is 12.1 Å². The lowest BCUT2D eigenvalue weighted by Gasteiger charge is -2.03. The summed E-state index contributed by atoms with van der Waals surface area (Å²) < 4.78 is 1.74. The quantitative estimate of drug-likeness (QED) is 0.774. The Bertz CT molecular complexity index is 394. The highest BCUT2D eigenvalue weighted by Crippen LogP contribution is 2.08. The summed E-state index contributed by atoms with van der Waals surface area (Å²) >= 11 is 0. The lowest BCUT2D eigenvalue weighted by molar-refractivity contribution is 0.872. The summed E-state index contributed by atoms with van der Waals surface area (Å²) in [7, 11) is 0. The van der Waals surface area contributed by atoms with Crippen LogP contribution < -0.4 is 5.73 Å². The largest absolute Gasteiger partial charge is 0.330 e. The minimum Gasteiger partial charge on any atom is -0.330 e. The molecule has 2 aromatic rings. The van der Waals surface area contributed by atoms with Crippen LogP contribution in [0.1, 0.15) is 5.56 Å². The second-order valence-electron chi connectivity index (χ2n) is 3.05. The van der Waals surface area contributed by atoms with Crippen molar-refractivity contribution in [1.82, 2.24) is 14.8 Å². The molecule has 0 spiro atoms. The van der Waals surface area contributed by atoms with Gasteiger partial charge in [-0.25, -0.2) is 9.67 Å². The average molecular weight is 188 g/mol. The zero-order valence-corrected chi connectivity index (χ0v) is 7.80. The molecule has 0 amide bonds. The number of nitrogens with zero attached hydrogens (tertiary/aromatic N) is 3. The van der Waals surface area contributed by atoms with E-state index in [1.807, 2.05) is 12.1 Å². The molecule has 0 bridgehead atoms. The van der Waals surface area contributed by atoms with Crippen molar-refractivity contribution in [3.05, 3.63) is 42.5 Å². The highest BCUT2D eigenvalue weighted by atomic mass is 15.3. The molecular weight excluding hydrogens is 176 g/mol. The fraction of sp³-hybridized carbons (Fsp3) is 0.200. The van der Waals surface area contributed by atoms with Crippen molar-refractivity contribution < 1.29 is 0 Å². The van der Waals surface area contributed by atoms with Crippen LogP contribution in [-0.4, -0.2) is 21.3 Å². The van der Waals surface area contributed by atoms with Crippen molar-refractivity contribution in [2.75, 3.05) is 6.54 Å². The molecule has 0 saturated heterocycles. The smallest absolute Gasteiger partial charge is 0.138 e. The van der Waals surface area contributed by atoms with Gasteiger partial charge in [0.05, 0.1) is 5.69 Å². The molecule has 1 aromatic heterocycles. The Morgan fingerprint density at radius 2 is 2.29 bits per heavy atom. The van der Waals surface area contributed by atoms with Crippen LogP contribution in [-0.2, 0) is 6.42 Å². The van der Waals surface area contributed by atoms with Gasteiger partial charge in [-0.15, -0.1) is 0 Å². The molecule has 2 rings (SSSR count). The van der Waals surface area contributed by atoms with Gasteiger partial charge in [0.15, 0.2) is 0 Å². The number of benzene rings is 1. The van der Waals surface area contributed by atoms with E-state index in [2.05, 4.69) is 22.2 Å². The molecule has 1 aromatic carbocycles. The lowest BCUT2D eigenvalue weighted by atomic mass is 10.1. The molecule has 0 aliphatic carbocycles. The Morgan fingerprint density at radius 3 is 3.00 bits per heavy atom. The zero-order chi connectivity index (χ0) is 9.80. The molecular formula is C10H12N4. The molecule has 0 aliphatic rings. The maximum absolute atomic E-state index is 5.49. The molecule has 0 saturated carbocycles. The van der Waals surface area contributed by atoms with Gasteiger partial charge in [-0.05, 0) is 30.7 Å². The normalized spacial score (nSPS) is 10.4. The van der Waals surface area contributed by atoms with Crippen LogP contribution >= 0.6 is 0 Å². The summed E-state index contributed by atoms with van der Waals surface area (Å²) in [5.41, 5.74) is 7.74. The lowest BCUT2D eigenvalue weighted by Crippen LogP contribution is -2.03. The third-order valence-electron chi connectivity index (χ3n) is 2.03. The van der Waals surface area contributed by atoms with Crippen molar-refractivity contribution in [2.24, 2.45) is 5.73 Å². The Hall–Kier alpha value is -1.68. The van der Waals surface area contributed by atoms with Crippen molar-refractivity contribution >= 4 is 0 Å². The maximum Gasteiger partial charge on any atom is 0.138 e. The van der Waals surface area contributed by atoms with Crippen LogP contribution in [0.5, 0.6) is 0 Å². The van der Waals surface area contributed by atoms with E-state index >= 15 is 0 Å². The van der Waals surface area contributed by atoms with Crippen LogP contribution in [0.2, 0.25) is 0 Å². The molecule has 4 nitrogen and oxygen atoms in total. The van der Waals surface area contributed by atoms with E-state index in [0.717, 1.165) is 12.1 Å². The van der Waals surface area contributed by atoms with E-state index in [4.69, 9.17) is 5.73 Å². The van der Waals surface area contributed by atoms with E-state index in [9.17, 15) is 0 Å². The molecule has 0 radical (unpaired) electrons. The van der Waals surface area contributed by atoms with E-state index < -0.39 is 0 Å². The molecule has 72 valence electrons. The van der Waals surface area contributed by atoms with Gasteiger partial charge in [0.2, 0.25) is 0 Å². The van der Waals surface area contributed by atoms with E-state index in [1.165, 1.54) is 11.9 Å². The third kappa shape index (κ3) is 1.80. The first kappa shape index (κ1) is 8.90. The predicted molar refractivity (Wildman–Crippen MR) is 54.1 cm³/mol. The first-order valence-electron chi connectivity index (χ1n) is 4.54. The van der Waals surface area contributed by atoms with Crippen molar-refractivity contribution in [2.45, 2.75) is 6.42 Å². The first-order chi connectivity index (χ1) is 6.90. The molecule has 0 aliphatic heterocycles. The van der Waals surface area contributed by atoms with Gasteiger partial charge < -0.3 is 5.73 Å². The van der Waals surface area contributed by atoms with Gasteiger partial charge >= 0.3 is 0 Å². The third-order valence-corrected chi connectivity index (χ3v) is 2.03. The number of hydrogen-bond donors (Lipinski definition) is 1. The summed E-state index contributed by atoms with van der Waals surface area (Å²) in [5, 5.41) is 4.06. The second kappa shape index (κ2) is 4.02. The summed E-state index contributed by atoms with van der Waals surface area (Å²) in [6.07, 6.45) is 4.10. The molecule has 2 N–H and O–H groups in total. The van der Waals surface area contributed by atoms with Crippen LogP contribution in [0.25, 0.3) is 5.69 Å². The number of hydrogen-bond acceptors (Lipinski definition) is 3. The summed E-state index contributed by atoms with van der Waals surface area (Å²) in [6.45, 7) is 0.667. The Morgan fingerprint density at radius 1 is 1.36 bits per heavy atom. The highest BCUT2D eigenvalue weighted by molar-refractivity contribution is 5.34. The zero-order valence-electron chi connectivity index (χ0n) is 7.80. The Labute approximate surface area is 82.4 Å². The average Bonchev–Trinajstić information content (AvgIpc) is 2.71. The standard InChI is InChI=1S/C10H12N4/c11-5-4-9-2-1-3-10(6-9)14-8-12-7-13-14/h1-3,6-8H,4-5,11H2. The number of nitrogens with two attached hydrogens (primary N) is 1. The van der Waals surface area contributed by atoms with E-state index in [1.54, 1.807) is 11.0 Å².